The molecule has 1 aromatic heterocycles. The fourth-order valence-electron chi connectivity index (χ4n) is 5.21. The molecule has 3 aromatic rings. The van der Waals surface area contributed by atoms with Crippen LogP contribution in [0.5, 0.6) is 5.75 Å². The van der Waals surface area contributed by atoms with E-state index < -0.39 is 17.7 Å². The number of aliphatic hydroxyl groups excluding tert-OH is 1. The highest BCUT2D eigenvalue weighted by Gasteiger charge is 2.39. The number of piperidine rings is 1. The van der Waals surface area contributed by atoms with Crippen molar-refractivity contribution in [3.8, 4) is 11.4 Å². The first-order valence-electron chi connectivity index (χ1n) is 12.4. The topological polar surface area (TPSA) is 70.8 Å². The normalized spacial score (nSPS) is 21.7. The van der Waals surface area contributed by atoms with Crippen molar-refractivity contribution in [1.29, 1.82) is 0 Å². The Morgan fingerprint density at radius 2 is 2.00 bits per heavy atom. The third-order valence-corrected chi connectivity index (χ3v) is 7.04. The zero-order valence-corrected chi connectivity index (χ0v) is 20.9. The minimum absolute atomic E-state index is 0.0849. The van der Waals surface area contributed by atoms with E-state index in [4.69, 9.17) is 4.74 Å². The lowest BCUT2D eigenvalue weighted by Crippen LogP contribution is -2.49. The Hall–Kier alpha value is -3.56. The maximum atomic E-state index is 13.6. The van der Waals surface area contributed by atoms with Gasteiger partial charge in [0.05, 0.1) is 37.0 Å². The van der Waals surface area contributed by atoms with Crippen LogP contribution >= 0.6 is 0 Å². The summed E-state index contributed by atoms with van der Waals surface area (Å²) in [6.45, 7) is 3.69. The van der Waals surface area contributed by atoms with Gasteiger partial charge in [-0.1, -0.05) is 12.1 Å². The highest BCUT2D eigenvalue weighted by molar-refractivity contribution is 5.98. The first-order chi connectivity index (χ1) is 17.8. The van der Waals surface area contributed by atoms with E-state index in [1.54, 1.807) is 24.4 Å². The van der Waals surface area contributed by atoms with Crippen LogP contribution in [0.1, 0.15) is 29.7 Å². The van der Waals surface area contributed by atoms with Gasteiger partial charge in [-0.3, -0.25) is 9.69 Å². The second-order valence-corrected chi connectivity index (χ2v) is 9.70. The molecule has 7 nitrogen and oxygen atoms in total. The van der Waals surface area contributed by atoms with Crippen LogP contribution in [0.2, 0.25) is 0 Å². The second-order valence-electron chi connectivity index (χ2n) is 9.70. The van der Waals surface area contributed by atoms with Gasteiger partial charge in [-0.15, -0.1) is 0 Å². The molecule has 0 bridgehead atoms. The van der Waals surface area contributed by atoms with Gasteiger partial charge in [0.25, 0.3) is 0 Å². The average Bonchev–Trinajstić information content (AvgIpc) is 3.47. The van der Waals surface area contributed by atoms with Crippen molar-refractivity contribution < 1.29 is 23.4 Å². The molecule has 9 heteroatoms. The Labute approximate surface area is 214 Å². The van der Waals surface area contributed by atoms with Crippen molar-refractivity contribution in [2.45, 2.75) is 38.5 Å². The molecule has 0 saturated carbocycles. The minimum Gasteiger partial charge on any atom is -0.495 e. The molecule has 194 valence electrons. The van der Waals surface area contributed by atoms with E-state index in [1.165, 1.54) is 6.07 Å². The number of ether oxygens (including phenoxy) is 1. The summed E-state index contributed by atoms with van der Waals surface area (Å²) in [6.07, 6.45) is 6.28. The van der Waals surface area contributed by atoms with Crippen molar-refractivity contribution in [1.82, 2.24) is 19.4 Å². The first kappa shape index (κ1) is 25.1. The van der Waals surface area contributed by atoms with Gasteiger partial charge in [0, 0.05) is 37.9 Å². The molecular weight excluding hydrogens is 478 g/mol. The van der Waals surface area contributed by atoms with E-state index in [2.05, 4.69) is 4.98 Å². The van der Waals surface area contributed by atoms with E-state index in [0.29, 0.717) is 49.5 Å². The fraction of sp³-hybridized carbons (Fsp3) is 0.357. The molecule has 2 aliphatic rings. The number of carbonyl (C=O) groups excluding carboxylic acids is 1. The summed E-state index contributed by atoms with van der Waals surface area (Å²) in [5.74, 6) is -1.19. The van der Waals surface area contributed by atoms with Crippen molar-refractivity contribution in [3.05, 3.63) is 83.0 Å². The Morgan fingerprint density at radius 1 is 1.16 bits per heavy atom. The number of rotatable bonds is 6. The van der Waals surface area contributed by atoms with E-state index >= 15 is 0 Å². The van der Waals surface area contributed by atoms with Crippen LogP contribution in [0.3, 0.4) is 0 Å². The molecule has 2 saturated heterocycles. The lowest BCUT2D eigenvalue weighted by Gasteiger charge is -2.35. The number of halogens is 2. The van der Waals surface area contributed by atoms with Gasteiger partial charge in [-0.2, -0.15) is 0 Å². The number of hydrogen-bond donors (Lipinski definition) is 1. The molecule has 0 spiro atoms. The predicted molar refractivity (Wildman–Crippen MR) is 135 cm³/mol. The molecule has 2 aliphatic heterocycles. The monoisotopic (exact) mass is 508 g/mol. The SMILES string of the molecule is COc1cc(C=C2CCCN(C3CN(Cc4ccc(F)c(F)c4)CC3O)C2=O)ccc1-n1cnc(C)c1. The second kappa shape index (κ2) is 10.4. The van der Waals surface area contributed by atoms with Crippen LogP contribution in [-0.4, -0.2) is 69.3 Å². The Kier molecular flexibility index (Phi) is 7.08. The molecule has 2 atom stereocenters. The number of benzene rings is 2. The number of likely N-dealkylation sites (tertiary alicyclic amines) is 2. The molecule has 1 N–H and O–H groups in total. The van der Waals surface area contributed by atoms with Gasteiger partial charge in [-0.05, 0) is 61.2 Å². The number of β-amino-alcohol motifs (C(OH)–C–C–N with tert-alkyl or cyclic N) is 1. The Bertz CT molecular complexity index is 1340. The number of methoxy groups -OCH3 is 1. The molecule has 1 amide bonds. The minimum atomic E-state index is -0.889. The maximum absolute atomic E-state index is 13.6. The third kappa shape index (κ3) is 5.28. The van der Waals surface area contributed by atoms with Crippen LogP contribution in [0.25, 0.3) is 11.8 Å². The maximum Gasteiger partial charge on any atom is 0.250 e. The molecule has 3 heterocycles. The molecule has 2 unspecified atom stereocenters. The highest BCUT2D eigenvalue weighted by Crippen LogP contribution is 2.29. The van der Waals surface area contributed by atoms with Crippen LogP contribution in [0.15, 0.2) is 54.5 Å². The van der Waals surface area contributed by atoms with Gasteiger partial charge in [-0.25, -0.2) is 13.8 Å². The van der Waals surface area contributed by atoms with Crippen molar-refractivity contribution in [3.63, 3.8) is 0 Å². The lowest BCUT2D eigenvalue weighted by molar-refractivity contribution is -0.132. The van der Waals surface area contributed by atoms with Gasteiger partial charge in [0.1, 0.15) is 5.75 Å². The summed E-state index contributed by atoms with van der Waals surface area (Å²) in [6, 6.07) is 9.25. The van der Waals surface area contributed by atoms with Crippen LogP contribution in [0.4, 0.5) is 8.78 Å². The summed E-state index contributed by atoms with van der Waals surface area (Å²) in [5.41, 5.74) is 3.93. The van der Waals surface area contributed by atoms with Crippen LogP contribution < -0.4 is 4.74 Å². The van der Waals surface area contributed by atoms with Crippen molar-refractivity contribution in [2.24, 2.45) is 0 Å². The smallest absolute Gasteiger partial charge is 0.250 e. The fourth-order valence-corrected chi connectivity index (χ4v) is 5.21. The first-order valence-corrected chi connectivity index (χ1v) is 12.4. The quantitative estimate of drug-likeness (QED) is 0.514. The molecule has 2 fully saturated rings. The zero-order chi connectivity index (χ0) is 26.1. The van der Waals surface area contributed by atoms with Gasteiger partial charge in [0.15, 0.2) is 11.6 Å². The van der Waals surface area contributed by atoms with Gasteiger partial charge >= 0.3 is 0 Å². The van der Waals surface area contributed by atoms with Crippen molar-refractivity contribution in [2.75, 3.05) is 26.7 Å². The molecule has 0 aliphatic carbocycles. The number of aromatic nitrogens is 2. The Morgan fingerprint density at radius 3 is 2.73 bits per heavy atom. The summed E-state index contributed by atoms with van der Waals surface area (Å²) >= 11 is 0. The summed E-state index contributed by atoms with van der Waals surface area (Å²) in [4.78, 5) is 21.4. The van der Waals surface area contributed by atoms with E-state index in [-0.39, 0.29) is 11.9 Å². The van der Waals surface area contributed by atoms with E-state index in [0.717, 1.165) is 29.4 Å². The molecule has 5 rings (SSSR count). The summed E-state index contributed by atoms with van der Waals surface area (Å²) in [7, 11) is 1.61. The zero-order valence-electron chi connectivity index (χ0n) is 20.9. The highest BCUT2D eigenvalue weighted by atomic mass is 19.2. The third-order valence-electron chi connectivity index (χ3n) is 7.04. The number of carbonyl (C=O) groups is 1. The number of nitrogens with zero attached hydrogens (tertiary/aromatic N) is 4. The number of aliphatic hydroxyl groups is 1. The number of hydrogen-bond acceptors (Lipinski definition) is 5. The molecule has 37 heavy (non-hydrogen) atoms. The number of aryl methyl sites for hydroxylation is 1. The largest absolute Gasteiger partial charge is 0.495 e. The standard InChI is InChI=1S/C28H30F2N4O3/c1-18-13-33(17-31-18)24-8-6-19(12-27(24)37-2)10-21-4-3-9-34(28(21)36)25-15-32(16-26(25)35)14-20-5-7-22(29)23(30)11-20/h5-8,10-13,17,25-26,35H,3-4,9,14-16H2,1-2H3. The number of amides is 1. The Balaban J connectivity index is 1.31. The van der Waals surface area contributed by atoms with Gasteiger partial charge < -0.3 is 19.3 Å². The average molecular weight is 509 g/mol. The number of imidazole rings is 1. The summed E-state index contributed by atoms with van der Waals surface area (Å²) in [5, 5.41) is 10.8. The van der Waals surface area contributed by atoms with Crippen LogP contribution in [-0.2, 0) is 11.3 Å². The van der Waals surface area contributed by atoms with E-state index in [9.17, 15) is 18.7 Å². The predicted octanol–water partition coefficient (Wildman–Crippen LogP) is 3.72. The lowest BCUT2D eigenvalue weighted by atomic mass is 9.98. The summed E-state index contributed by atoms with van der Waals surface area (Å²) < 4.78 is 34.4. The molecule has 0 radical (unpaired) electrons. The molecule has 2 aromatic carbocycles. The molecular formula is C28H30F2N4O3. The van der Waals surface area contributed by atoms with E-state index in [1.807, 2.05) is 46.9 Å². The van der Waals surface area contributed by atoms with Crippen LogP contribution in [0, 0.1) is 18.6 Å². The van der Waals surface area contributed by atoms with Crippen molar-refractivity contribution >= 4 is 12.0 Å². The van der Waals surface area contributed by atoms with Gasteiger partial charge in [0.2, 0.25) is 5.91 Å².